The summed E-state index contributed by atoms with van der Waals surface area (Å²) < 4.78 is 23.3. The molecule has 1 heterocycles. The molecule has 0 aromatic rings. The van der Waals surface area contributed by atoms with Gasteiger partial charge in [-0.2, -0.15) is 4.31 Å². The van der Waals surface area contributed by atoms with Crippen LogP contribution in [0.1, 0.15) is 19.3 Å². The van der Waals surface area contributed by atoms with E-state index in [0.29, 0.717) is 0 Å². The Balaban J connectivity index is 2.47. The van der Waals surface area contributed by atoms with Gasteiger partial charge in [-0.3, -0.25) is 4.79 Å². The average molecular weight is 234 g/mol. The van der Waals surface area contributed by atoms with Crippen LogP contribution in [0, 0.1) is 0 Å². The van der Waals surface area contributed by atoms with Gasteiger partial charge in [0.1, 0.15) is 0 Å². The molecule has 1 aliphatic heterocycles. The zero-order valence-corrected chi connectivity index (χ0v) is 10.1. The van der Waals surface area contributed by atoms with Crippen molar-refractivity contribution in [2.24, 2.45) is 0 Å². The van der Waals surface area contributed by atoms with E-state index in [1.807, 2.05) is 0 Å². The number of amides is 1. The lowest BCUT2D eigenvalue weighted by molar-refractivity contribution is -0.132. The standard InChI is InChI=1S/C9H18N2O3S/c1-10(15(2,13)14)8-9(12)11-6-4-3-5-7-11/h3-8H2,1-2H3. The highest BCUT2D eigenvalue weighted by Crippen LogP contribution is 2.09. The fourth-order valence-electron chi connectivity index (χ4n) is 1.55. The largest absolute Gasteiger partial charge is 0.342 e. The van der Waals surface area contributed by atoms with Gasteiger partial charge in [0.15, 0.2) is 0 Å². The molecule has 0 bridgehead atoms. The Morgan fingerprint density at radius 3 is 2.27 bits per heavy atom. The summed E-state index contributed by atoms with van der Waals surface area (Å²) in [7, 11) is -1.82. The number of hydrogen-bond donors (Lipinski definition) is 0. The summed E-state index contributed by atoms with van der Waals surface area (Å²) in [6.07, 6.45) is 4.31. The normalized spacial score (nSPS) is 18.2. The van der Waals surface area contributed by atoms with Crippen LogP contribution in [0.25, 0.3) is 0 Å². The van der Waals surface area contributed by atoms with Crippen LogP contribution in [0.15, 0.2) is 0 Å². The molecule has 6 heteroatoms. The number of likely N-dealkylation sites (N-methyl/N-ethyl adjacent to an activating group) is 1. The highest BCUT2D eigenvalue weighted by molar-refractivity contribution is 7.88. The summed E-state index contributed by atoms with van der Waals surface area (Å²) in [5.41, 5.74) is 0. The predicted octanol–water partition coefficient (Wildman–Crippen LogP) is -0.110. The summed E-state index contributed by atoms with van der Waals surface area (Å²) in [4.78, 5) is 13.4. The van der Waals surface area contributed by atoms with Crippen LogP contribution in [-0.4, -0.2) is 56.5 Å². The van der Waals surface area contributed by atoms with E-state index >= 15 is 0 Å². The number of rotatable bonds is 3. The second kappa shape index (κ2) is 4.94. The first-order valence-electron chi connectivity index (χ1n) is 5.10. The third-order valence-corrected chi connectivity index (χ3v) is 3.89. The van der Waals surface area contributed by atoms with Gasteiger partial charge in [-0.25, -0.2) is 8.42 Å². The summed E-state index contributed by atoms with van der Waals surface area (Å²) in [6, 6.07) is 0. The third kappa shape index (κ3) is 3.79. The zero-order chi connectivity index (χ0) is 11.5. The van der Waals surface area contributed by atoms with Crippen LogP contribution in [0.3, 0.4) is 0 Å². The molecular weight excluding hydrogens is 216 g/mol. The third-order valence-electron chi connectivity index (χ3n) is 2.63. The van der Waals surface area contributed by atoms with Crippen LogP contribution >= 0.6 is 0 Å². The van der Waals surface area contributed by atoms with E-state index in [1.165, 1.54) is 7.05 Å². The molecule has 1 aliphatic rings. The zero-order valence-electron chi connectivity index (χ0n) is 9.27. The van der Waals surface area contributed by atoms with Crippen molar-refractivity contribution in [2.45, 2.75) is 19.3 Å². The van der Waals surface area contributed by atoms with Crippen LogP contribution in [0.5, 0.6) is 0 Å². The van der Waals surface area contributed by atoms with Gasteiger partial charge in [0.05, 0.1) is 12.8 Å². The second-order valence-corrected chi connectivity index (χ2v) is 6.05. The minimum atomic E-state index is -3.25. The number of likely N-dealkylation sites (tertiary alicyclic amines) is 1. The van der Waals surface area contributed by atoms with Crippen molar-refractivity contribution in [2.75, 3.05) is 32.9 Å². The highest BCUT2D eigenvalue weighted by atomic mass is 32.2. The number of carbonyl (C=O) groups excluding carboxylic acids is 1. The monoisotopic (exact) mass is 234 g/mol. The molecule has 88 valence electrons. The Kier molecular flexibility index (Phi) is 4.10. The van der Waals surface area contributed by atoms with Crippen molar-refractivity contribution in [1.29, 1.82) is 0 Å². The summed E-state index contributed by atoms with van der Waals surface area (Å²) in [6.45, 7) is 1.48. The topological polar surface area (TPSA) is 57.7 Å². The molecule has 0 spiro atoms. The van der Waals surface area contributed by atoms with Gasteiger partial charge < -0.3 is 4.90 Å². The second-order valence-electron chi connectivity index (χ2n) is 3.96. The van der Waals surface area contributed by atoms with E-state index in [-0.39, 0.29) is 12.5 Å². The van der Waals surface area contributed by atoms with Crippen LogP contribution in [0.2, 0.25) is 0 Å². The molecule has 0 unspecified atom stereocenters. The lowest BCUT2D eigenvalue weighted by Crippen LogP contribution is -2.43. The first-order chi connectivity index (χ1) is 6.91. The van der Waals surface area contributed by atoms with E-state index in [0.717, 1.165) is 42.9 Å². The number of sulfonamides is 1. The van der Waals surface area contributed by atoms with Gasteiger partial charge in [0.2, 0.25) is 15.9 Å². The van der Waals surface area contributed by atoms with Crippen LogP contribution < -0.4 is 0 Å². The fourth-order valence-corrected chi connectivity index (χ4v) is 1.90. The van der Waals surface area contributed by atoms with Crippen molar-refractivity contribution >= 4 is 15.9 Å². The van der Waals surface area contributed by atoms with E-state index in [1.54, 1.807) is 4.90 Å². The molecule has 0 radical (unpaired) electrons. The number of piperidine rings is 1. The first-order valence-corrected chi connectivity index (χ1v) is 6.95. The summed E-state index contributed by atoms with van der Waals surface area (Å²) in [5.74, 6) is -0.0948. The lowest BCUT2D eigenvalue weighted by atomic mass is 10.1. The van der Waals surface area contributed by atoms with Crippen molar-refractivity contribution in [3.63, 3.8) is 0 Å². The minimum Gasteiger partial charge on any atom is -0.342 e. The maximum Gasteiger partial charge on any atom is 0.237 e. The summed E-state index contributed by atoms with van der Waals surface area (Å²) >= 11 is 0. The van der Waals surface area contributed by atoms with E-state index in [9.17, 15) is 13.2 Å². The van der Waals surface area contributed by atoms with E-state index in [4.69, 9.17) is 0 Å². The summed E-state index contributed by atoms with van der Waals surface area (Å²) in [5, 5.41) is 0. The predicted molar refractivity (Wildman–Crippen MR) is 57.9 cm³/mol. The molecule has 0 aromatic heterocycles. The van der Waals surface area contributed by atoms with Gasteiger partial charge in [0.25, 0.3) is 0 Å². The van der Waals surface area contributed by atoms with E-state index in [2.05, 4.69) is 0 Å². The molecule has 5 nitrogen and oxygen atoms in total. The Morgan fingerprint density at radius 1 is 1.27 bits per heavy atom. The number of nitrogens with zero attached hydrogens (tertiary/aromatic N) is 2. The SMILES string of the molecule is CN(CC(=O)N1CCCCC1)S(C)(=O)=O. The van der Waals surface area contributed by atoms with Crippen molar-refractivity contribution in [1.82, 2.24) is 9.21 Å². The number of carbonyl (C=O) groups is 1. The molecule has 0 saturated carbocycles. The number of hydrogen-bond acceptors (Lipinski definition) is 3. The lowest BCUT2D eigenvalue weighted by Gasteiger charge is -2.28. The molecule has 0 aliphatic carbocycles. The van der Waals surface area contributed by atoms with Gasteiger partial charge >= 0.3 is 0 Å². The van der Waals surface area contributed by atoms with Crippen LogP contribution in [0.4, 0.5) is 0 Å². The molecule has 1 fully saturated rings. The maximum atomic E-state index is 11.7. The average Bonchev–Trinajstić information content (AvgIpc) is 2.17. The molecule has 1 saturated heterocycles. The molecule has 15 heavy (non-hydrogen) atoms. The van der Waals surface area contributed by atoms with E-state index < -0.39 is 10.0 Å². The maximum absolute atomic E-state index is 11.7. The highest BCUT2D eigenvalue weighted by Gasteiger charge is 2.21. The fraction of sp³-hybridized carbons (Fsp3) is 0.889. The van der Waals surface area contributed by atoms with Crippen LogP contribution in [-0.2, 0) is 14.8 Å². The molecule has 1 amide bonds. The minimum absolute atomic E-state index is 0.0428. The van der Waals surface area contributed by atoms with Crippen molar-refractivity contribution in [3.8, 4) is 0 Å². The quantitative estimate of drug-likeness (QED) is 0.684. The molecule has 0 atom stereocenters. The Morgan fingerprint density at radius 2 is 1.80 bits per heavy atom. The molecule has 0 N–H and O–H groups in total. The smallest absolute Gasteiger partial charge is 0.237 e. The van der Waals surface area contributed by atoms with Crippen molar-refractivity contribution < 1.29 is 13.2 Å². The first kappa shape index (κ1) is 12.4. The van der Waals surface area contributed by atoms with Gasteiger partial charge in [-0.05, 0) is 19.3 Å². The molecular formula is C9H18N2O3S. The van der Waals surface area contributed by atoms with Crippen molar-refractivity contribution in [3.05, 3.63) is 0 Å². The Bertz CT molecular complexity index is 320. The Labute approximate surface area is 91.1 Å². The van der Waals surface area contributed by atoms with Gasteiger partial charge in [-0.1, -0.05) is 0 Å². The van der Waals surface area contributed by atoms with Gasteiger partial charge in [-0.15, -0.1) is 0 Å². The molecule has 0 aromatic carbocycles. The van der Waals surface area contributed by atoms with Gasteiger partial charge in [0, 0.05) is 20.1 Å². The Hall–Kier alpha value is -0.620. The molecule has 1 rings (SSSR count).